The van der Waals surface area contributed by atoms with Crippen molar-refractivity contribution in [1.82, 2.24) is 4.98 Å². The van der Waals surface area contributed by atoms with Crippen molar-refractivity contribution in [2.75, 3.05) is 0 Å². The summed E-state index contributed by atoms with van der Waals surface area (Å²) in [5.41, 5.74) is 0.537. The van der Waals surface area contributed by atoms with Crippen molar-refractivity contribution in [3.63, 3.8) is 0 Å². The van der Waals surface area contributed by atoms with E-state index in [9.17, 15) is 22.8 Å². The number of ether oxygens (including phenoxy) is 1. The fraction of sp³-hybridized carbons (Fsp3) is 0.480. The topological polar surface area (TPSA) is 56.3 Å². The molecular weight excluding hydrogens is 455 g/mol. The summed E-state index contributed by atoms with van der Waals surface area (Å²) in [4.78, 5) is 30.6. The van der Waals surface area contributed by atoms with Gasteiger partial charge in [0.05, 0.1) is 5.56 Å². The first-order chi connectivity index (χ1) is 15.7. The zero-order valence-corrected chi connectivity index (χ0v) is 18.7. The molecule has 0 saturated heterocycles. The maximum absolute atomic E-state index is 13.5. The van der Waals surface area contributed by atoms with Crippen molar-refractivity contribution in [1.29, 1.82) is 0 Å². The average Bonchev–Trinajstić information content (AvgIpc) is 3.07. The Balaban J connectivity index is 1.47. The van der Waals surface area contributed by atoms with Crippen molar-refractivity contribution < 1.29 is 27.5 Å². The van der Waals surface area contributed by atoms with Crippen LogP contribution >= 0.6 is 11.6 Å². The molecule has 1 aromatic carbocycles. The van der Waals surface area contributed by atoms with Crippen LogP contribution in [0.15, 0.2) is 30.5 Å². The number of halogens is 4. The van der Waals surface area contributed by atoms with Crippen molar-refractivity contribution in [3.8, 4) is 11.6 Å². The Kier molecular flexibility index (Phi) is 5.51. The van der Waals surface area contributed by atoms with Gasteiger partial charge < -0.3 is 4.74 Å². The lowest BCUT2D eigenvalue weighted by molar-refractivity contribution is -0.137. The highest BCUT2D eigenvalue weighted by Gasteiger charge is 2.59. The van der Waals surface area contributed by atoms with Gasteiger partial charge in [0, 0.05) is 18.0 Å². The maximum atomic E-state index is 13.5. The minimum absolute atomic E-state index is 0.0111. The Bertz CT molecular complexity index is 1090. The molecule has 2 unspecified atom stereocenters. The van der Waals surface area contributed by atoms with E-state index in [1.807, 2.05) is 6.92 Å². The van der Waals surface area contributed by atoms with Crippen molar-refractivity contribution in [3.05, 3.63) is 52.2 Å². The Hall–Kier alpha value is -2.41. The first-order valence-electron chi connectivity index (χ1n) is 11.3. The van der Waals surface area contributed by atoms with E-state index in [0.29, 0.717) is 30.0 Å². The van der Waals surface area contributed by atoms with Gasteiger partial charge in [-0.05, 0) is 73.3 Å². The highest BCUT2D eigenvalue weighted by atomic mass is 35.5. The quantitative estimate of drug-likeness (QED) is 0.478. The lowest BCUT2D eigenvalue weighted by atomic mass is 9.59. The molecule has 0 radical (unpaired) electrons. The van der Waals surface area contributed by atoms with Gasteiger partial charge in [-0.15, -0.1) is 0 Å². The van der Waals surface area contributed by atoms with Crippen LogP contribution in [0.5, 0.6) is 11.6 Å². The molecule has 0 amide bonds. The second-order valence-corrected chi connectivity index (χ2v) is 9.70. The van der Waals surface area contributed by atoms with Gasteiger partial charge in [-0.1, -0.05) is 24.6 Å². The van der Waals surface area contributed by atoms with E-state index in [-0.39, 0.29) is 40.1 Å². The number of fused-ring (bicyclic) bond motifs is 2. The van der Waals surface area contributed by atoms with E-state index < -0.39 is 17.7 Å². The molecule has 4 nitrogen and oxygen atoms in total. The lowest BCUT2D eigenvalue weighted by Gasteiger charge is -2.43. The minimum Gasteiger partial charge on any atom is -0.438 e. The fourth-order valence-electron chi connectivity index (χ4n) is 6.09. The predicted octanol–water partition coefficient (Wildman–Crippen LogP) is 6.40. The number of rotatable bonds is 4. The summed E-state index contributed by atoms with van der Waals surface area (Å²) >= 11 is 5.98. The zero-order valence-electron chi connectivity index (χ0n) is 18.0. The third-order valence-electron chi connectivity index (χ3n) is 7.60. The van der Waals surface area contributed by atoms with E-state index in [1.54, 1.807) is 18.2 Å². The molecule has 4 aliphatic rings. The summed E-state index contributed by atoms with van der Waals surface area (Å²) in [6.45, 7) is 1.95. The highest BCUT2D eigenvalue weighted by molar-refractivity contribution is 6.31. The van der Waals surface area contributed by atoms with Crippen LogP contribution in [0, 0.1) is 23.7 Å². The number of hydrogen-bond donors (Lipinski definition) is 0. The second-order valence-electron chi connectivity index (χ2n) is 9.29. The van der Waals surface area contributed by atoms with Crippen molar-refractivity contribution >= 4 is 23.2 Å². The number of hydrogen-bond acceptors (Lipinski definition) is 4. The van der Waals surface area contributed by atoms with Crippen LogP contribution in [-0.2, 0) is 22.2 Å². The Morgan fingerprint density at radius 3 is 2.15 bits per heavy atom. The van der Waals surface area contributed by atoms with Gasteiger partial charge in [0.1, 0.15) is 16.7 Å². The Labute approximate surface area is 194 Å². The molecule has 4 fully saturated rings. The summed E-state index contributed by atoms with van der Waals surface area (Å²) in [5.74, 6) is -0.470. The monoisotopic (exact) mass is 477 g/mol. The summed E-state index contributed by atoms with van der Waals surface area (Å²) in [5, 5.41) is -0.276. The smallest absolute Gasteiger partial charge is 0.417 e. The van der Waals surface area contributed by atoms with Gasteiger partial charge in [-0.3, -0.25) is 9.59 Å². The molecule has 2 bridgehead atoms. The maximum Gasteiger partial charge on any atom is 0.417 e. The van der Waals surface area contributed by atoms with E-state index in [4.69, 9.17) is 16.3 Å². The number of carbonyl (C=O) groups is 2. The third-order valence-corrected chi connectivity index (χ3v) is 7.87. The summed E-state index contributed by atoms with van der Waals surface area (Å²) < 4.78 is 44.4. The van der Waals surface area contributed by atoms with Crippen LogP contribution in [0.1, 0.15) is 55.2 Å². The second kappa shape index (κ2) is 8.12. The predicted molar refractivity (Wildman–Crippen MR) is 115 cm³/mol. The number of Topliss-reactive ketones (excluding diaryl/α,β-unsaturated/α-hetero) is 2. The number of alkyl halides is 3. The molecule has 8 heteroatoms. The van der Waals surface area contributed by atoms with Crippen LogP contribution in [0.25, 0.3) is 0 Å². The number of pyridine rings is 1. The van der Waals surface area contributed by atoms with Crippen LogP contribution in [0.3, 0.4) is 0 Å². The molecule has 0 N–H and O–H groups in total. The van der Waals surface area contributed by atoms with Gasteiger partial charge >= 0.3 is 6.18 Å². The molecule has 33 heavy (non-hydrogen) atoms. The van der Waals surface area contributed by atoms with Gasteiger partial charge in [-0.2, -0.15) is 13.2 Å². The first kappa shape index (κ1) is 22.4. The average molecular weight is 478 g/mol. The Morgan fingerprint density at radius 2 is 1.64 bits per heavy atom. The van der Waals surface area contributed by atoms with Crippen LogP contribution in [0.2, 0.25) is 5.02 Å². The molecule has 2 aromatic rings. The summed E-state index contributed by atoms with van der Waals surface area (Å²) in [6.07, 6.45) is 0.781. The van der Waals surface area contributed by atoms with Gasteiger partial charge in [0.25, 0.3) is 0 Å². The lowest BCUT2D eigenvalue weighted by Crippen LogP contribution is -2.41. The van der Waals surface area contributed by atoms with Gasteiger partial charge in [0.2, 0.25) is 5.88 Å². The van der Waals surface area contributed by atoms with Crippen LogP contribution in [-0.4, -0.2) is 16.6 Å². The van der Waals surface area contributed by atoms with Crippen LogP contribution < -0.4 is 4.74 Å². The SMILES string of the molecule is CCc1ccc(Oc2ncc(C(F)(F)F)cc2Cl)cc1C1C(=O)C2C3CCC(CC3)C2C1=O. The Morgan fingerprint density at radius 1 is 1.03 bits per heavy atom. The molecule has 174 valence electrons. The number of ketones is 2. The third kappa shape index (κ3) is 3.74. The number of aromatic nitrogens is 1. The van der Waals surface area contributed by atoms with E-state index >= 15 is 0 Å². The summed E-state index contributed by atoms with van der Waals surface area (Å²) in [7, 11) is 0. The number of nitrogens with zero attached hydrogens (tertiary/aromatic N) is 1. The summed E-state index contributed by atoms with van der Waals surface area (Å²) in [6, 6.07) is 5.85. The first-order valence-corrected chi connectivity index (χ1v) is 11.7. The molecule has 1 aromatic heterocycles. The van der Waals surface area contributed by atoms with E-state index in [1.165, 1.54) is 0 Å². The number of aryl methyl sites for hydroxylation is 1. The van der Waals surface area contributed by atoms with Crippen molar-refractivity contribution in [2.24, 2.45) is 23.7 Å². The van der Waals surface area contributed by atoms with Crippen molar-refractivity contribution in [2.45, 2.75) is 51.1 Å². The largest absolute Gasteiger partial charge is 0.438 e. The van der Waals surface area contributed by atoms with E-state index in [0.717, 1.165) is 37.3 Å². The fourth-order valence-corrected chi connectivity index (χ4v) is 6.30. The minimum atomic E-state index is -4.56. The molecule has 6 rings (SSSR count). The molecule has 1 heterocycles. The molecule has 4 aliphatic carbocycles. The van der Waals surface area contributed by atoms with Gasteiger partial charge in [-0.25, -0.2) is 4.98 Å². The standard InChI is InChI=1S/C25H23ClF3NO3/c1-2-12-7-8-16(33-24-18(26)9-15(11-30-24)25(27,28)29)10-17(12)21-22(31)19-13-3-4-14(6-5-13)20(19)23(21)32/h7-11,13-14,19-21H,2-6H2,1H3. The van der Waals surface area contributed by atoms with Gasteiger partial charge in [0.15, 0.2) is 11.6 Å². The normalized spacial score (nSPS) is 28.8. The molecule has 0 aliphatic heterocycles. The molecule has 2 atom stereocenters. The van der Waals surface area contributed by atoms with E-state index in [2.05, 4.69) is 4.98 Å². The zero-order chi connectivity index (χ0) is 23.5. The highest BCUT2D eigenvalue weighted by Crippen LogP contribution is 2.56. The number of carbonyl (C=O) groups excluding carboxylic acids is 2. The molecule has 0 spiro atoms. The molecule has 4 saturated carbocycles. The van der Waals surface area contributed by atoms with Crippen LogP contribution in [0.4, 0.5) is 13.2 Å². The number of benzene rings is 1. The molecular formula is C25H23ClF3NO3.